The molecule has 0 saturated carbocycles. The summed E-state index contributed by atoms with van der Waals surface area (Å²) >= 11 is 0. The van der Waals surface area contributed by atoms with E-state index in [1.165, 1.54) is 32.4 Å². The van der Waals surface area contributed by atoms with E-state index in [0.717, 1.165) is 0 Å². The summed E-state index contributed by atoms with van der Waals surface area (Å²) in [6, 6.07) is 3.80. The van der Waals surface area contributed by atoms with E-state index in [4.69, 9.17) is 14.6 Å². The Morgan fingerprint density at radius 1 is 1.23 bits per heavy atom. The molecule has 1 aromatic rings. The van der Waals surface area contributed by atoms with Crippen LogP contribution < -0.4 is 14.8 Å². The molecule has 0 bridgehead atoms. The van der Waals surface area contributed by atoms with Crippen LogP contribution in [0.5, 0.6) is 11.5 Å². The summed E-state index contributed by atoms with van der Waals surface area (Å²) < 4.78 is 14.9. The average molecular weight is 364 g/mol. The Balaban J connectivity index is 2.20. The van der Waals surface area contributed by atoms with Crippen LogP contribution in [-0.2, 0) is 19.1 Å². The Bertz CT molecular complexity index is 786. The summed E-state index contributed by atoms with van der Waals surface area (Å²) in [6.07, 6.45) is 1.37. The molecule has 1 heterocycles. The van der Waals surface area contributed by atoms with Gasteiger partial charge in [0.1, 0.15) is 12.2 Å². The maximum atomic E-state index is 12.1. The average Bonchev–Trinajstić information content (AvgIpc) is 2.87. The standard InChI is InChI=1S/C16H16N2O8/c1-24-12-6-9(3-4-11(12)26-8-14(21)25-2)5-10-15(22)18(7-13(19)20)16(23)17-10/h3-6H,7-8H2,1-2H3,(H,17,23)(H,19,20)/b10-5+. The number of benzene rings is 1. The summed E-state index contributed by atoms with van der Waals surface area (Å²) in [5.41, 5.74) is 0.426. The number of esters is 1. The van der Waals surface area contributed by atoms with E-state index in [0.29, 0.717) is 16.2 Å². The Labute approximate surface area is 147 Å². The van der Waals surface area contributed by atoms with Crippen LogP contribution >= 0.6 is 0 Å². The molecule has 1 aliphatic rings. The fourth-order valence-electron chi connectivity index (χ4n) is 2.11. The Kier molecular flexibility index (Phi) is 5.78. The van der Waals surface area contributed by atoms with Crippen molar-refractivity contribution in [3.63, 3.8) is 0 Å². The number of rotatable bonds is 7. The molecular formula is C16H16N2O8. The number of methoxy groups -OCH3 is 2. The summed E-state index contributed by atoms with van der Waals surface area (Å²) in [5, 5.41) is 11.0. The monoisotopic (exact) mass is 364 g/mol. The van der Waals surface area contributed by atoms with Gasteiger partial charge in [0, 0.05) is 0 Å². The molecule has 0 spiro atoms. The smallest absolute Gasteiger partial charge is 0.343 e. The molecule has 3 amide bonds. The van der Waals surface area contributed by atoms with Crippen LogP contribution in [0.25, 0.3) is 6.08 Å². The van der Waals surface area contributed by atoms with Gasteiger partial charge in [0.25, 0.3) is 5.91 Å². The molecule has 2 rings (SSSR count). The third-order valence-corrected chi connectivity index (χ3v) is 3.33. The lowest BCUT2D eigenvalue weighted by Crippen LogP contribution is -2.35. The first-order valence-electron chi connectivity index (χ1n) is 7.29. The highest BCUT2D eigenvalue weighted by Gasteiger charge is 2.34. The van der Waals surface area contributed by atoms with Crippen molar-refractivity contribution in [2.45, 2.75) is 0 Å². The minimum atomic E-state index is -1.30. The first-order chi connectivity index (χ1) is 12.3. The SMILES string of the molecule is COC(=O)COc1ccc(/C=C2/NC(=O)N(CC(=O)O)C2=O)cc1OC. The van der Waals surface area contributed by atoms with Gasteiger partial charge in [0.05, 0.1) is 14.2 Å². The van der Waals surface area contributed by atoms with Crippen LogP contribution in [0.1, 0.15) is 5.56 Å². The number of hydrogen-bond donors (Lipinski definition) is 2. The lowest BCUT2D eigenvalue weighted by atomic mass is 10.1. The fourth-order valence-corrected chi connectivity index (χ4v) is 2.11. The van der Waals surface area contributed by atoms with Gasteiger partial charge in [-0.1, -0.05) is 6.07 Å². The number of nitrogens with zero attached hydrogens (tertiary/aromatic N) is 1. The van der Waals surface area contributed by atoms with Crippen molar-refractivity contribution in [2.75, 3.05) is 27.4 Å². The molecule has 10 heteroatoms. The topological polar surface area (TPSA) is 131 Å². The highest BCUT2D eigenvalue weighted by Crippen LogP contribution is 2.29. The zero-order valence-electron chi connectivity index (χ0n) is 14.0. The lowest BCUT2D eigenvalue weighted by molar-refractivity contribution is -0.143. The third-order valence-electron chi connectivity index (χ3n) is 3.33. The maximum absolute atomic E-state index is 12.1. The molecule has 1 fully saturated rings. The Morgan fingerprint density at radius 2 is 1.96 bits per heavy atom. The number of carbonyl (C=O) groups is 4. The van der Waals surface area contributed by atoms with Gasteiger partial charge < -0.3 is 24.6 Å². The maximum Gasteiger partial charge on any atom is 0.343 e. The number of carbonyl (C=O) groups excluding carboxylic acids is 3. The molecule has 1 aliphatic heterocycles. The normalized spacial score (nSPS) is 15.0. The lowest BCUT2D eigenvalue weighted by Gasteiger charge is -2.10. The number of carboxylic acid groups (broad SMARTS) is 1. The van der Waals surface area contributed by atoms with E-state index >= 15 is 0 Å². The van der Waals surface area contributed by atoms with E-state index < -0.39 is 30.4 Å². The van der Waals surface area contributed by atoms with E-state index in [2.05, 4.69) is 10.1 Å². The zero-order chi connectivity index (χ0) is 19.3. The van der Waals surface area contributed by atoms with Crippen LogP contribution in [0.2, 0.25) is 0 Å². The second kappa shape index (κ2) is 8.01. The predicted octanol–water partition coefficient (Wildman–Crippen LogP) is 0.224. The van der Waals surface area contributed by atoms with Gasteiger partial charge in [-0.2, -0.15) is 0 Å². The molecule has 2 N–H and O–H groups in total. The molecule has 26 heavy (non-hydrogen) atoms. The van der Waals surface area contributed by atoms with Crippen molar-refractivity contribution < 1.29 is 38.5 Å². The molecule has 138 valence electrons. The van der Waals surface area contributed by atoms with Gasteiger partial charge in [0.15, 0.2) is 18.1 Å². The quantitative estimate of drug-likeness (QED) is 0.399. The number of carboxylic acids is 1. The van der Waals surface area contributed by atoms with Crippen LogP contribution in [0.4, 0.5) is 4.79 Å². The summed E-state index contributed by atoms with van der Waals surface area (Å²) in [4.78, 5) is 46.2. The highest BCUT2D eigenvalue weighted by atomic mass is 16.6. The van der Waals surface area contributed by atoms with Gasteiger partial charge in [-0.05, 0) is 23.8 Å². The highest BCUT2D eigenvalue weighted by molar-refractivity contribution is 6.15. The van der Waals surface area contributed by atoms with E-state index in [1.807, 2.05) is 0 Å². The molecule has 1 saturated heterocycles. The summed E-state index contributed by atoms with van der Waals surface area (Å²) in [7, 11) is 2.63. The number of aliphatic carboxylic acids is 1. The Morgan fingerprint density at radius 3 is 2.58 bits per heavy atom. The number of amides is 3. The van der Waals surface area contributed by atoms with Crippen molar-refractivity contribution in [1.82, 2.24) is 10.2 Å². The van der Waals surface area contributed by atoms with Gasteiger partial charge in [-0.25, -0.2) is 14.5 Å². The van der Waals surface area contributed by atoms with Crippen LogP contribution in [0.15, 0.2) is 23.9 Å². The second-order valence-corrected chi connectivity index (χ2v) is 5.05. The van der Waals surface area contributed by atoms with E-state index in [9.17, 15) is 19.2 Å². The molecule has 1 aromatic carbocycles. The van der Waals surface area contributed by atoms with Gasteiger partial charge >= 0.3 is 18.0 Å². The third kappa shape index (κ3) is 4.29. The van der Waals surface area contributed by atoms with Crippen LogP contribution in [0, 0.1) is 0 Å². The van der Waals surface area contributed by atoms with Crippen molar-refractivity contribution in [3.05, 3.63) is 29.5 Å². The van der Waals surface area contributed by atoms with Gasteiger partial charge in [0.2, 0.25) is 0 Å². The minimum absolute atomic E-state index is 0.0680. The van der Waals surface area contributed by atoms with Crippen LogP contribution in [0.3, 0.4) is 0 Å². The van der Waals surface area contributed by atoms with Crippen molar-refractivity contribution in [3.8, 4) is 11.5 Å². The molecule has 10 nitrogen and oxygen atoms in total. The van der Waals surface area contributed by atoms with Gasteiger partial charge in [-0.15, -0.1) is 0 Å². The summed E-state index contributed by atoms with van der Waals surface area (Å²) in [5.74, 6) is -2.03. The molecular weight excluding hydrogens is 348 g/mol. The molecule has 0 atom stereocenters. The van der Waals surface area contributed by atoms with Crippen molar-refractivity contribution in [1.29, 1.82) is 0 Å². The van der Waals surface area contributed by atoms with Crippen molar-refractivity contribution >= 4 is 30.0 Å². The largest absolute Gasteiger partial charge is 0.493 e. The molecule has 0 aromatic heterocycles. The molecule has 0 radical (unpaired) electrons. The Hall–Kier alpha value is -3.56. The number of imide groups is 1. The number of ether oxygens (including phenoxy) is 3. The van der Waals surface area contributed by atoms with Crippen molar-refractivity contribution in [2.24, 2.45) is 0 Å². The summed E-state index contributed by atoms with van der Waals surface area (Å²) in [6.45, 7) is -1.03. The predicted molar refractivity (Wildman–Crippen MR) is 86.4 cm³/mol. The zero-order valence-corrected chi connectivity index (χ0v) is 14.0. The first kappa shape index (κ1) is 18.8. The number of urea groups is 1. The van der Waals surface area contributed by atoms with Crippen LogP contribution in [-0.4, -0.2) is 61.3 Å². The fraction of sp³-hybridized carbons (Fsp3) is 0.250. The van der Waals surface area contributed by atoms with E-state index in [-0.39, 0.29) is 18.1 Å². The second-order valence-electron chi connectivity index (χ2n) is 5.05. The molecule has 0 unspecified atom stereocenters. The molecule has 0 aliphatic carbocycles. The number of nitrogens with one attached hydrogen (secondary N) is 1. The number of hydrogen-bond acceptors (Lipinski definition) is 7. The van der Waals surface area contributed by atoms with Gasteiger partial charge in [-0.3, -0.25) is 9.59 Å². The minimum Gasteiger partial charge on any atom is -0.493 e. The van der Waals surface area contributed by atoms with E-state index in [1.54, 1.807) is 6.07 Å². The first-order valence-corrected chi connectivity index (χ1v) is 7.29.